The quantitative estimate of drug-likeness (QED) is 0.420. The highest BCUT2D eigenvalue weighted by Gasteiger charge is 1.97. The lowest BCUT2D eigenvalue weighted by Crippen LogP contribution is -1.98. The summed E-state index contributed by atoms with van der Waals surface area (Å²) in [6.45, 7) is 0. The van der Waals surface area contributed by atoms with E-state index >= 15 is 0 Å². The Labute approximate surface area is 50.1 Å². The average molecular weight is 109 g/mol. The molecule has 0 heterocycles. The minimum absolute atomic E-state index is 1.08. The first-order valence-corrected chi connectivity index (χ1v) is 3.03. The average Bonchev–Trinajstić information content (AvgIpc) is 1.90. The van der Waals surface area contributed by atoms with Crippen molar-refractivity contribution in [2.75, 3.05) is 7.05 Å². The predicted octanol–water partition coefficient (Wildman–Crippen LogP) is 1.80. The molecule has 0 aromatic rings. The minimum atomic E-state index is 1.08. The third-order valence-corrected chi connectivity index (χ3v) is 1.44. The number of nitrogens with zero attached hydrogens (tertiary/aromatic N) is 1. The van der Waals surface area contributed by atoms with Gasteiger partial charge in [0.25, 0.3) is 0 Å². The van der Waals surface area contributed by atoms with Crippen molar-refractivity contribution >= 4 is 5.71 Å². The Balaban J connectivity index is 2.50. The molecule has 1 heteroatoms. The molecule has 0 saturated carbocycles. The normalized spacial score (nSPS) is 24.4. The fourth-order valence-corrected chi connectivity index (χ4v) is 0.892. The molecular formula is C7H11N. The summed E-state index contributed by atoms with van der Waals surface area (Å²) in [7, 11) is 1.87. The van der Waals surface area contributed by atoms with Gasteiger partial charge in [0, 0.05) is 19.2 Å². The van der Waals surface area contributed by atoms with Crippen LogP contribution in [0, 0.1) is 0 Å². The van der Waals surface area contributed by atoms with E-state index in [-0.39, 0.29) is 0 Å². The summed E-state index contributed by atoms with van der Waals surface area (Å²) in [5.74, 6) is 0. The standard InChI is InChI=1S/C7H11N/c1-8-7-5-3-2-4-6-7/h2-3H,4-6H2,1H3. The van der Waals surface area contributed by atoms with Crippen molar-refractivity contribution in [2.45, 2.75) is 19.3 Å². The van der Waals surface area contributed by atoms with Crippen LogP contribution in [0.5, 0.6) is 0 Å². The van der Waals surface area contributed by atoms with Gasteiger partial charge in [-0.3, -0.25) is 4.99 Å². The van der Waals surface area contributed by atoms with Crippen LogP contribution in [0.3, 0.4) is 0 Å². The van der Waals surface area contributed by atoms with Gasteiger partial charge in [-0.2, -0.15) is 0 Å². The maximum atomic E-state index is 4.11. The van der Waals surface area contributed by atoms with E-state index in [0.717, 1.165) is 6.42 Å². The van der Waals surface area contributed by atoms with Crippen LogP contribution in [0.4, 0.5) is 0 Å². The van der Waals surface area contributed by atoms with Crippen LogP contribution in [0.2, 0.25) is 0 Å². The third kappa shape index (κ3) is 1.19. The summed E-state index contributed by atoms with van der Waals surface area (Å²) in [6, 6.07) is 0. The second kappa shape index (κ2) is 2.65. The molecule has 0 unspecified atom stereocenters. The van der Waals surface area contributed by atoms with Gasteiger partial charge in [-0.05, 0) is 12.8 Å². The van der Waals surface area contributed by atoms with Gasteiger partial charge in [-0.25, -0.2) is 0 Å². The molecule has 0 atom stereocenters. The van der Waals surface area contributed by atoms with Gasteiger partial charge >= 0.3 is 0 Å². The van der Waals surface area contributed by atoms with Crippen molar-refractivity contribution in [3.8, 4) is 0 Å². The van der Waals surface area contributed by atoms with Crippen LogP contribution >= 0.6 is 0 Å². The van der Waals surface area contributed by atoms with Crippen LogP contribution in [0.1, 0.15) is 19.3 Å². The Bertz CT molecular complexity index is 122. The molecule has 8 heavy (non-hydrogen) atoms. The zero-order chi connectivity index (χ0) is 5.82. The molecule has 0 N–H and O–H groups in total. The van der Waals surface area contributed by atoms with Crippen molar-refractivity contribution in [2.24, 2.45) is 4.99 Å². The molecule has 44 valence electrons. The Morgan fingerprint density at radius 1 is 1.50 bits per heavy atom. The Hall–Kier alpha value is -0.590. The SMILES string of the molecule is CN=C1CC=CCC1. The summed E-state index contributed by atoms with van der Waals surface area (Å²) in [6.07, 6.45) is 7.84. The van der Waals surface area contributed by atoms with E-state index in [9.17, 15) is 0 Å². The molecule has 0 bridgehead atoms. The molecule has 1 nitrogen and oxygen atoms in total. The van der Waals surface area contributed by atoms with Gasteiger partial charge in [0.1, 0.15) is 0 Å². The monoisotopic (exact) mass is 109 g/mol. The summed E-state index contributed by atoms with van der Waals surface area (Å²) >= 11 is 0. The molecule has 1 rings (SSSR count). The van der Waals surface area contributed by atoms with Gasteiger partial charge in [0.15, 0.2) is 0 Å². The van der Waals surface area contributed by atoms with E-state index < -0.39 is 0 Å². The highest BCUT2D eigenvalue weighted by molar-refractivity contribution is 5.86. The van der Waals surface area contributed by atoms with E-state index in [1.165, 1.54) is 18.6 Å². The Kier molecular flexibility index (Phi) is 1.84. The molecule has 1 aliphatic carbocycles. The largest absolute Gasteiger partial charge is 0.297 e. The highest BCUT2D eigenvalue weighted by atomic mass is 14.7. The molecule has 1 aliphatic rings. The molecule has 0 amide bonds. The molecule has 0 aromatic carbocycles. The van der Waals surface area contributed by atoms with Crippen molar-refractivity contribution in [1.29, 1.82) is 0 Å². The first kappa shape index (κ1) is 5.54. The highest BCUT2D eigenvalue weighted by Crippen LogP contribution is 2.05. The summed E-state index contributed by atoms with van der Waals surface area (Å²) in [5, 5.41) is 0. The van der Waals surface area contributed by atoms with Crippen molar-refractivity contribution in [3.05, 3.63) is 12.2 Å². The first-order valence-electron chi connectivity index (χ1n) is 3.03. The second-order valence-electron chi connectivity index (χ2n) is 2.00. The molecule has 0 spiro atoms. The molecule has 0 aliphatic heterocycles. The summed E-state index contributed by atoms with van der Waals surface area (Å²) in [4.78, 5) is 4.11. The van der Waals surface area contributed by atoms with E-state index in [4.69, 9.17) is 0 Å². The van der Waals surface area contributed by atoms with Crippen molar-refractivity contribution < 1.29 is 0 Å². The van der Waals surface area contributed by atoms with E-state index in [0.29, 0.717) is 0 Å². The zero-order valence-corrected chi connectivity index (χ0v) is 5.22. The fourth-order valence-electron chi connectivity index (χ4n) is 0.892. The summed E-state index contributed by atoms with van der Waals surface area (Å²) < 4.78 is 0. The fraction of sp³-hybridized carbons (Fsp3) is 0.571. The molecular weight excluding hydrogens is 98.1 g/mol. The maximum absolute atomic E-state index is 4.11. The lowest BCUT2D eigenvalue weighted by Gasteiger charge is -2.03. The third-order valence-electron chi connectivity index (χ3n) is 1.44. The van der Waals surface area contributed by atoms with Crippen LogP contribution in [0.15, 0.2) is 17.1 Å². The van der Waals surface area contributed by atoms with E-state index in [2.05, 4.69) is 17.1 Å². The van der Waals surface area contributed by atoms with Crippen LogP contribution < -0.4 is 0 Å². The smallest absolute Gasteiger partial charge is 0.0276 e. The number of allylic oxidation sites excluding steroid dienone is 2. The second-order valence-corrected chi connectivity index (χ2v) is 2.00. The van der Waals surface area contributed by atoms with Gasteiger partial charge in [-0.1, -0.05) is 12.2 Å². The topological polar surface area (TPSA) is 12.4 Å². The van der Waals surface area contributed by atoms with Crippen LogP contribution in [0.25, 0.3) is 0 Å². The summed E-state index contributed by atoms with van der Waals surface area (Å²) in [5.41, 5.74) is 1.34. The van der Waals surface area contributed by atoms with Crippen LogP contribution in [-0.2, 0) is 0 Å². The molecule has 0 fully saturated rings. The van der Waals surface area contributed by atoms with Crippen molar-refractivity contribution in [3.63, 3.8) is 0 Å². The molecule has 0 aromatic heterocycles. The lowest BCUT2D eigenvalue weighted by atomic mass is 10.1. The number of rotatable bonds is 0. The number of hydrogen-bond donors (Lipinski definition) is 0. The predicted molar refractivity (Wildman–Crippen MR) is 36.4 cm³/mol. The van der Waals surface area contributed by atoms with Gasteiger partial charge in [-0.15, -0.1) is 0 Å². The number of hydrogen-bond acceptors (Lipinski definition) is 1. The van der Waals surface area contributed by atoms with Gasteiger partial charge in [0.05, 0.1) is 0 Å². The van der Waals surface area contributed by atoms with Crippen LogP contribution in [-0.4, -0.2) is 12.8 Å². The molecule has 0 saturated heterocycles. The first-order chi connectivity index (χ1) is 3.93. The maximum Gasteiger partial charge on any atom is 0.0276 e. The van der Waals surface area contributed by atoms with Gasteiger partial charge in [0.2, 0.25) is 0 Å². The van der Waals surface area contributed by atoms with Gasteiger partial charge < -0.3 is 0 Å². The Morgan fingerprint density at radius 2 is 2.38 bits per heavy atom. The zero-order valence-electron chi connectivity index (χ0n) is 5.22. The minimum Gasteiger partial charge on any atom is -0.297 e. The lowest BCUT2D eigenvalue weighted by molar-refractivity contribution is 1.02. The molecule has 0 radical (unpaired) electrons. The number of aliphatic imine (C=N–C) groups is 1. The van der Waals surface area contributed by atoms with E-state index in [1.807, 2.05) is 7.05 Å². The van der Waals surface area contributed by atoms with E-state index in [1.54, 1.807) is 0 Å². The van der Waals surface area contributed by atoms with Crippen molar-refractivity contribution in [1.82, 2.24) is 0 Å². The Morgan fingerprint density at radius 3 is 2.75 bits per heavy atom.